The van der Waals surface area contributed by atoms with Crippen molar-refractivity contribution in [1.29, 1.82) is 5.26 Å². The highest BCUT2D eigenvalue weighted by molar-refractivity contribution is 6.01. The number of pyridine rings is 2. The van der Waals surface area contributed by atoms with Crippen molar-refractivity contribution >= 4 is 29.3 Å². The lowest BCUT2D eigenvalue weighted by atomic mass is 10.0. The molecule has 1 saturated heterocycles. The highest BCUT2D eigenvalue weighted by atomic mass is 16.7. The first-order valence-corrected chi connectivity index (χ1v) is 13.3. The van der Waals surface area contributed by atoms with Crippen LogP contribution in [0.25, 0.3) is 0 Å². The highest BCUT2D eigenvalue weighted by Crippen LogP contribution is 2.34. The molecular weight excluding hydrogens is 530 g/mol. The maximum atomic E-state index is 13.5. The van der Waals surface area contributed by atoms with Gasteiger partial charge in [-0.3, -0.25) is 10.2 Å². The largest absolute Gasteiger partial charge is 0.383 e. The van der Waals surface area contributed by atoms with Crippen molar-refractivity contribution in [3.8, 4) is 6.07 Å². The van der Waals surface area contributed by atoms with Crippen molar-refractivity contribution in [2.24, 2.45) is 0 Å². The van der Waals surface area contributed by atoms with Crippen molar-refractivity contribution in [2.75, 3.05) is 70.2 Å². The Morgan fingerprint density at radius 2 is 2.02 bits per heavy atom. The molecule has 13 heteroatoms. The normalized spacial score (nSPS) is 16.4. The number of ether oxygens (including phenoxy) is 4. The number of urea groups is 1. The lowest BCUT2D eigenvalue weighted by Gasteiger charge is -2.31. The number of rotatable bonds is 11. The zero-order valence-electron chi connectivity index (χ0n) is 23.7. The van der Waals surface area contributed by atoms with Gasteiger partial charge in [0.05, 0.1) is 17.9 Å². The molecule has 218 valence electrons. The monoisotopic (exact) mass is 565 g/mol. The number of hydrogen-bond donors (Lipinski definition) is 2. The topological polar surface area (TPSA) is 151 Å². The summed E-state index contributed by atoms with van der Waals surface area (Å²) in [5.41, 5.74) is 3.60. The molecule has 0 aromatic carbocycles. The number of aryl methyl sites for hydroxylation is 1. The molecule has 0 spiro atoms. The van der Waals surface area contributed by atoms with Gasteiger partial charge in [0.25, 0.3) is 0 Å². The molecule has 0 aliphatic carbocycles. The molecule has 4 rings (SSSR count). The number of carbonyl (C=O) groups excluding carboxylic acids is 2. The molecular formula is C28H35N7O6. The van der Waals surface area contributed by atoms with Crippen LogP contribution in [0.3, 0.4) is 0 Å². The van der Waals surface area contributed by atoms with E-state index in [1.807, 2.05) is 16.9 Å². The second-order valence-electron chi connectivity index (χ2n) is 9.57. The second kappa shape index (κ2) is 14.0. The average molecular weight is 566 g/mol. The molecule has 2 aliphatic heterocycles. The van der Waals surface area contributed by atoms with Crippen LogP contribution < -0.4 is 15.5 Å². The molecule has 13 nitrogen and oxygen atoms in total. The molecule has 2 aliphatic rings. The summed E-state index contributed by atoms with van der Waals surface area (Å²) in [7, 11) is 6.21. The van der Waals surface area contributed by atoms with E-state index in [9.17, 15) is 14.9 Å². The number of fused-ring (bicyclic) bond motifs is 1. The van der Waals surface area contributed by atoms with Gasteiger partial charge in [0.15, 0.2) is 0 Å². The fraction of sp³-hybridized carbons (Fsp3) is 0.500. The highest BCUT2D eigenvalue weighted by Gasteiger charge is 2.32. The quantitative estimate of drug-likeness (QED) is 0.235. The predicted molar refractivity (Wildman–Crippen MR) is 150 cm³/mol. The third-order valence-electron chi connectivity index (χ3n) is 7.11. The Morgan fingerprint density at radius 3 is 2.71 bits per heavy atom. The standard InChI is InChI=1S/C28H35N7O6/c1-38-11-8-30-21-13-24(31-15-20(21)14-29)32-28(37)35-9-5-6-18-12-19(25(33-26(18)35)27(40-3)41-4)16-34-10-7-23(39-2)22(34)17-36/h12-13,15,23,27H,5-11,16H2,1-4H3,(H2,30,31,32,37). The molecule has 0 bridgehead atoms. The smallest absolute Gasteiger partial charge is 0.328 e. The minimum absolute atomic E-state index is 0.291. The molecule has 1 unspecified atom stereocenters. The summed E-state index contributed by atoms with van der Waals surface area (Å²) in [6.07, 6.45) is 2.48. The number of carbonyl (C=O) groups is 1. The van der Waals surface area contributed by atoms with E-state index in [1.165, 1.54) is 20.4 Å². The predicted octanol–water partition coefficient (Wildman–Crippen LogP) is 2.62. The summed E-state index contributed by atoms with van der Waals surface area (Å²) in [6.45, 7) is 2.42. The zero-order chi connectivity index (χ0) is 29.4. The number of amides is 2. The molecule has 2 amide bonds. The third-order valence-corrected chi connectivity index (χ3v) is 7.11. The van der Waals surface area contributed by atoms with Gasteiger partial charge in [-0.05, 0) is 36.5 Å². The van der Waals surface area contributed by atoms with Crippen LogP contribution in [0.5, 0.6) is 0 Å². The molecule has 41 heavy (non-hydrogen) atoms. The molecule has 2 N–H and O–H groups in total. The number of nitrogens with zero attached hydrogens (tertiary/aromatic N) is 5. The molecule has 0 saturated carbocycles. The number of anilines is 3. The number of hydrogen-bond acceptors (Lipinski definition) is 11. The van der Waals surface area contributed by atoms with E-state index in [4.69, 9.17) is 23.9 Å². The van der Waals surface area contributed by atoms with Gasteiger partial charge in [-0.25, -0.2) is 19.6 Å². The van der Waals surface area contributed by atoms with Crippen LogP contribution in [0.4, 0.5) is 22.1 Å². The van der Waals surface area contributed by atoms with Gasteiger partial charge in [0.2, 0.25) is 6.29 Å². The van der Waals surface area contributed by atoms with E-state index in [2.05, 4.69) is 21.7 Å². The first-order valence-electron chi connectivity index (χ1n) is 13.3. The van der Waals surface area contributed by atoms with Crippen LogP contribution in [-0.4, -0.2) is 87.6 Å². The van der Waals surface area contributed by atoms with Gasteiger partial charge in [-0.2, -0.15) is 5.26 Å². The van der Waals surface area contributed by atoms with Crippen molar-refractivity contribution in [3.63, 3.8) is 0 Å². The first kappa shape index (κ1) is 29.9. The fourth-order valence-corrected chi connectivity index (χ4v) is 5.09. The van der Waals surface area contributed by atoms with E-state index in [0.29, 0.717) is 73.5 Å². The van der Waals surface area contributed by atoms with Crippen LogP contribution in [-0.2, 0) is 36.7 Å². The van der Waals surface area contributed by atoms with E-state index >= 15 is 0 Å². The van der Waals surface area contributed by atoms with Crippen molar-refractivity contribution in [1.82, 2.24) is 14.9 Å². The van der Waals surface area contributed by atoms with E-state index < -0.39 is 12.3 Å². The van der Waals surface area contributed by atoms with Gasteiger partial charge >= 0.3 is 6.03 Å². The Labute approximate surface area is 239 Å². The van der Waals surface area contributed by atoms with Gasteiger partial charge in [-0.1, -0.05) is 0 Å². The SMILES string of the molecule is COCCNc1cc(NC(=O)N2CCCc3cc(CN4CCC(OC)C4=C=O)c(C(OC)OC)nc32)ncc1C#N. The van der Waals surface area contributed by atoms with Gasteiger partial charge in [0, 0.05) is 66.9 Å². The number of methoxy groups -OCH3 is 4. The van der Waals surface area contributed by atoms with Crippen LogP contribution in [0.15, 0.2) is 24.0 Å². The van der Waals surface area contributed by atoms with Crippen LogP contribution in [0.1, 0.15) is 41.5 Å². The van der Waals surface area contributed by atoms with Crippen molar-refractivity contribution < 1.29 is 28.5 Å². The van der Waals surface area contributed by atoms with Crippen molar-refractivity contribution in [3.05, 3.63) is 46.4 Å². The van der Waals surface area contributed by atoms with Gasteiger partial charge < -0.3 is 29.2 Å². The summed E-state index contributed by atoms with van der Waals surface area (Å²) >= 11 is 0. The van der Waals surface area contributed by atoms with E-state index in [1.54, 1.807) is 25.2 Å². The zero-order valence-corrected chi connectivity index (χ0v) is 23.7. The van der Waals surface area contributed by atoms with E-state index in [-0.39, 0.29) is 6.10 Å². The Morgan fingerprint density at radius 1 is 1.22 bits per heavy atom. The number of nitrogens with one attached hydrogen (secondary N) is 2. The lowest BCUT2D eigenvalue weighted by Crippen LogP contribution is -2.40. The number of nitriles is 1. The lowest BCUT2D eigenvalue weighted by molar-refractivity contribution is -0.109. The average Bonchev–Trinajstić information content (AvgIpc) is 3.39. The van der Waals surface area contributed by atoms with Gasteiger partial charge in [0.1, 0.15) is 41.1 Å². The molecule has 2 aromatic rings. The summed E-state index contributed by atoms with van der Waals surface area (Å²) in [5, 5.41) is 15.4. The summed E-state index contributed by atoms with van der Waals surface area (Å²) in [5.74, 6) is 2.83. The summed E-state index contributed by atoms with van der Waals surface area (Å²) in [6, 6.07) is 5.31. The summed E-state index contributed by atoms with van der Waals surface area (Å²) in [4.78, 5) is 37.8. The first-order chi connectivity index (χ1) is 20.0. The molecule has 0 radical (unpaired) electrons. The molecule has 1 fully saturated rings. The number of likely N-dealkylation sites (tertiary alicyclic amines) is 1. The Hall–Kier alpha value is -4.05. The van der Waals surface area contributed by atoms with E-state index in [0.717, 1.165) is 24.0 Å². The second-order valence-corrected chi connectivity index (χ2v) is 9.57. The number of aromatic nitrogens is 2. The van der Waals surface area contributed by atoms with Crippen LogP contribution >= 0.6 is 0 Å². The minimum atomic E-state index is -0.785. The molecule has 1 atom stereocenters. The Kier molecular flexibility index (Phi) is 10.2. The molecule has 2 aromatic heterocycles. The van der Waals surface area contributed by atoms with Crippen molar-refractivity contribution in [2.45, 2.75) is 38.2 Å². The molecule has 4 heterocycles. The maximum absolute atomic E-state index is 13.5. The van der Waals surface area contributed by atoms with Crippen LogP contribution in [0, 0.1) is 11.3 Å². The maximum Gasteiger partial charge on any atom is 0.328 e. The fourth-order valence-electron chi connectivity index (χ4n) is 5.09. The third kappa shape index (κ3) is 6.65. The Bertz CT molecular complexity index is 1340. The Balaban J connectivity index is 1.62. The minimum Gasteiger partial charge on any atom is -0.383 e. The van der Waals surface area contributed by atoms with Crippen LogP contribution in [0.2, 0.25) is 0 Å². The summed E-state index contributed by atoms with van der Waals surface area (Å²) < 4.78 is 21.6. The van der Waals surface area contributed by atoms with Gasteiger partial charge in [-0.15, -0.1) is 0 Å².